The van der Waals surface area contributed by atoms with E-state index in [9.17, 15) is 0 Å². The molecule has 0 unspecified atom stereocenters. The van der Waals surface area contributed by atoms with E-state index in [0.717, 1.165) is 40.6 Å². The summed E-state index contributed by atoms with van der Waals surface area (Å²) in [7, 11) is 0. The number of para-hydroxylation sites is 1. The van der Waals surface area contributed by atoms with Gasteiger partial charge in [0, 0.05) is 12.6 Å². The van der Waals surface area contributed by atoms with Crippen molar-refractivity contribution in [1.29, 1.82) is 0 Å². The van der Waals surface area contributed by atoms with Gasteiger partial charge in [-0.25, -0.2) is 4.98 Å². The predicted octanol–water partition coefficient (Wildman–Crippen LogP) is 9.25. The first-order chi connectivity index (χ1) is 18.2. The van der Waals surface area contributed by atoms with Gasteiger partial charge in [-0.15, -0.1) is 0 Å². The number of hydrogen-bond acceptors (Lipinski definition) is 4. The van der Waals surface area contributed by atoms with Crippen LogP contribution < -0.4 is 9.47 Å². The molecule has 0 bridgehead atoms. The molecule has 4 heteroatoms. The molecule has 3 aromatic carbocycles. The lowest BCUT2D eigenvalue weighted by Crippen LogP contribution is -2.00. The average molecular weight is 495 g/mol. The van der Waals surface area contributed by atoms with Crippen molar-refractivity contribution < 1.29 is 9.47 Å². The first kappa shape index (κ1) is 26.4. The van der Waals surface area contributed by atoms with Gasteiger partial charge in [-0.1, -0.05) is 87.9 Å². The average Bonchev–Trinajstić information content (AvgIpc) is 2.93. The number of hydrogen-bond donors (Lipinski definition) is 0. The molecular weight excluding hydrogens is 456 g/mol. The summed E-state index contributed by atoms with van der Waals surface area (Å²) in [6.45, 7) is 4.19. The van der Waals surface area contributed by atoms with Crippen LogP contribution in [0, 0.1) is 6.92 Å². The highest BCUT2D eigenvalue weighted by atomic mass is 16.5. The molecule has 1 heterocycles. The monoisotopic (exact) mass is 494 g/mol. The van der Waals surface area contributed by atoms with Crippen LogP contribution in [-0.4, -0.2) is 9.97 Å². The normalized spacial score (nSPS) is 10.9. The Morgan fingerprint density at radius 1 is 0.622 bits per heavy atom. The van der Waals surface area contributed by atoms with Crippen molar-refractivity contribution in [3.63, 3.8) is 0 Å². The molecule has 0 spiro atoms. The van der Waals surface area contributed by atoms with Gasteiger partial charge >= 0.3 is 0 Å². The van der Waals surface area contributed by atoms with E-state index in [1.54, 1.807) is 0 Å². The minimum atomic E-state index is 0.557. The molecule has 0 fully saturated rings. The molecule has 0 aliphatic carbocycles. The van der Waals surface area contributed by atoms with Crippen molar-refractivity contribution in [2.75, 3.05) is 0 Å². The Balaban J connectivity index is 1.28. The molecule has 0 saturated carbocycles. The van der Waals surface area contributed by atoms with Crippen LogP contribution in [0.25, 0.3) is 0 Å². The van der Waals surface area contributed by atoms with Crippen LogP contribution in [-0.2, 0) is 12.8 Å². The second-order valence-electron chi connectivity index (χ2n) is 9.61. The van der Waals surface area contributed by atoms with Gasteiger partial charge in [-0.3, -0.25) is 4.98 Å². The van der Waals surface area contributed by atoms with Crippen LogP contribution in [0.3, 0.4) is 0 Å². The topological polar surface area (TPSA) is 44.2 Å². The summed E-state index contributed by atoms with van der Waals surface area (Å²) in [5, 5.41) is 0. The molecule has 1 aromatic heterocycles. The van der Waals surface area contributed by atoms with Crippen molar-refractivity contribution in [3.05, 3.63) is 108 Å². The fourth-order valence-electron chi connectivity index (χ4n) is 4.28. The zero-order valence-corrected chi connectivity index (χ0v) is 22.2. The number of benzene rings is 3. The molecule has 0 saturated heterocycles. The van der Waals surface area contributed by atoms with Crippen molar-refractivity contribution in [1.82, 2.24) is 9.97 Å². The molecule has 4 nitrogen and oxygen atoms in total. The first-order valence-electron chi connectivity index (χ1n) is 13.6. The molecule has 37 heavy (non-hydrogen) atoms. The fourth-order valence-corrected chi connectivity index (χ4v) is 4.28. The maximum Gasteiger partial charge on any atom is 0.241 e. The van der Waals surface area contributed by atoms with E-state index >= 15 is 0 Å². The van der Waals surface area contributed by atoms with Gasteiger partial charge in [0.05, 0.1) is 11.4 Å². The molecule has 0 aliphatic heterocycles. The molecular formula is C33H38N2O2. The maximum absolute atomic E-state index is 6.11. The van der Waals surface area contributed by atoms with Crippen LogP contribution in [0.15, 0.2) is 85.1 Å². The number of rotatable bonds is 14. The molecule has 4 aromatic rings. The van der Waals surface area contributed by atoms with E-state index in [2.05, 4.69) is 36.2 Å². The SMILES string of the molecule is CCCCCCCCCc1ccc(Oc2nc(Cc3ccc(Oc4ccccc4)cc3)cnc2C)cc1. The number of aromatic nitrogens is 2. The summed E-state index contributed by atoms with van der Waals surface area (Å²) in [5.41, 5.74) is 4.15. The van der Waals surface area contributed by atoms with Crippen LogP contribution in [0.5, 0.6) is 23.1 Å². The Morgan fingerprint density at radius 3 is 1.92 bits per heavy atom. The molecule has 0 atom stereocenters. The third-order valence-electron chi connectivity index (χ3n) is 6.46. The van der Waals surface area contributed by atoms with Gasteiger partial charge in [0.25, 0.3) is 0 Å². The highest BCUT2D eigenvalue weighted by molar-refractivity contribution is 5.35. The van der Waals surface area contributed by atoms with E-state index in [4.69, 9.17) is 14.5 Å². The lowest BCUT2D eigenvalue weighted by atomic mass is 10.0. The Bertz CT molecular complexity index is 1210. The van der Waals surface area contributed by atoms with Crippen molar-refractivity contribution in [3.8, 4) is 23.1 Å². The Morgan fingerprint density at radius 2 is 1.22 bits per heavy atom. The smallest absolute Gasteiger partial charge is 0.241 e. The van der Waals surface area contributed by atoms with Crippen molar-refractivity contribution in [2.45, 2.75) is 71.6 Å². The van der Waals surface area contributed by atoms with Gasteiger partial charge in [0.1, 0.15) is 17.2 Å². The third kappa shape index (κ3) is 8.75. The standard InChI is InChI=1S/C33H38N2O2/c1-3-4-5-6-7-8-10-13-27-16-20-32(21-17-27)37-33-26(2)34-25-29(35-33)24-28-18-22-31(23-19-28)36-30-14-11-9-12-15-30/h9,11-12,14-23,25H,3-8,10,13,24H2,1-2H3. The van der Waals surface area contributed by atoms with Crippen molar-refractivity contribution >= 4 is 0 Å². The summed E-state index contributed by atoms with van der Waals surface area (Å²) in [4.78, 5) is 9.28. The second kappa shape index (κ2) is 14.2. The van der Waals surface area contributed by atoms with Gasteiger partial charge < -0.3 is 9.47 Å². The molecule has 0 N–H and O–H groups in total. The summed E-state index contributed by atoms with van der Waals surface area (Å²) in [5.74, 6) is 2.98. The molecule has 0 aliphatic rings. The van der Waals surface area contributed by atoms with Crippen molar-refractivity contribution in [2.24, 2.45) is 0 Å². The van der Waals surface area contributed by atoms with E-state index in [-0.39, 0.29) is 0 Å². The van der Waals surface area contributed by atoms with Gasteiger partial charge in [-0.05, 0) is 67.3 Å². The Kier molecular flexibility index (Phi) is 10.1. The Labute approximate surface area is 221 Å². The summed E-state index contributed by atoms with van der Waals surface area (Å²) in [6, 6.07) is 26.3. The van der Waals surface area contributed by atoms with E-state index in [1.165, 1.54) is 50.5 Å². The first-order valence-corrected chi connectivity index (χ1v) is 13.6. The van der Waals surface area contributed by atoms with Crippen LogP contribution >= 0.6 is 0 Å². The van der Waals surface area contributed by atoms with Crippen LogP contribution in [0.4, 0.5) is 0 Å². The van der Waals surface area contributed by atoms with E-state index in [1.807, 2.05) is 67.7 Å². The largest absolute Gasteiger partial charge is 0.457 e. The molecule has 4 rings (SSSR count). The zero-order valence-electron chi connectivity index (χ0n) is 22.2. The zero-order chi connectivity index (χ0) is 25.7. The number of aryl methyl sites for hydroxylation is 2. The quantitative estimate of drug-likeness (QED) is 0.164. The highest BCUT2D eigenvalue weighted by Gasteiger charge is 2.08. The lowest BCUT2D eigenvalue weighted by molar-refractivity contribution is 0.453. The van der Waals surface area contributed by atoms with Crippen LogP contribution in [0.2, 0.25) is 0 Å². The van der Waals surface area contributed by atoms with E-state index < -0.39 is 0 Å². The minimum Gasteiger partial charge on any atom is -0.457 e. The minimum absolute atomic E-state index is 0.557. The van der Waals surface area contributed by atoms with E-state index in [0.29, 0.717) is 12.3 Å². The fraction of sp³-hybridized carbons (Fsp3) is 0.333. The van der Waals surface area contributed by atoms with Gasteiger partial charge in [0.2, 0.25) is 5.88 Å². The maximum atomic E-state index is 6.11. The van der Waals surface area contributed by atoms with Gasteiger partial charge in [-0.2, -0.15) is 0 Å². The highest BCUT2D eigenvalue weighted by Crippen LogP contribution is 2.25. The summed E-state index contributed by atoms with van der Waals surface area (Å²) < 4.78 is 12.0. The molecule has 0 amide bonds. The van der Waals surface area contributed by atoms with Gasteiger partial charge in [0.15, 0.2) is 0 Å². The number of nitrogens with zero attached hydrogens (tertiary/aromatic N) is 2. The number of ether oxygens (including phenoxy) is 2. The summed E-state index contributed by atoms with van der Waals surface area (Å²) >= 11 is 0. The third-order valence-corrected chi connectivity index (χ3v) is 6.46. The lowest BCUT2D eigenvalue weighted by Gasteiger charge is -2.10. The molecule has 0 radical (unpaired) electrons. The predicted molar refractivity (Wildman–Crippen MR) is 151 cm³/mol. The number of unbranched alkanes of at least 4 members (excludes halogenated alkanes) is 6. The summed E-state index contributed by atoms with van der Waals surface area (Å²) in [6.07, 6.45) is 12.9. The second-order valence-corrected chi connectivity index (χ2v) is 9.61. The Hall–Kier alpha value is -3.66. The van der Waals surface area contributed by atoms with Crippen LogP contribution in [0.1, 0.15) is 74.4 Å². The molecule has 192 valence electrons.